The number of hydrogen-bond donors (Lipinski definition) is 2. The summed E-state index contributed by atoms with van der Waals surface area (Å²) < 4.78 is 4.04. The number of aldehydes is 1. The molecule has 0 radical (unpaired) electrons. The molecule has 1 amide bonds. The molecule has 0 spiro atoms. The van der Waals surface area contributed by atoms with Gasteiger partial charge in [-0.05, 0) is 29.9 Å². The van der Waals surface area contributed by atoms with Gasteiger partial charge in [-0.3, -0.25) is 9.59 Å². The zero-order chi connectivity index (χ0) is 17.3. The van der Waals surface area contributed by atoms with Gasteiger partial charge in [-0.25, -0.2) is 0 Å². The van der Waals surface area contributed by atoms with Gasteiger partial charge in [-0.2, -0.15) is 4.37 Å². The molecule has 1 heterocycles. The number of primary amides is 1. The van der Waals surface area contributed by atoms with Crippen LogP contribution in [0.25, 0.3) is 10.8 Å². The van der Waals surface area contributed by atoms with E-state index in [4.69, 9.17) is 5.73 Å². The molecule has 24 heavy (non-hydrogen) atoms. The van der Waals surface area contributed by atoms with Crippen molar-refractivity contribution in [2.75, 3.05) is 0 Å². The number of nitrogens with two attached hydrogens (primary N) is 1. The summed E-state index contributed by atoms with van der Waals surface area (Å²) in [6, 6.07) is 8.72. The van der Waals surface area contributed by atoms with Crippen LogP contribution in [0, 0.1) is 6.92 Å². The summed E-state index contributed by atoms with van der Waals surface area (Å²) >= 11 is 0.983. The standard InChI is InChI=1S/C16H12N4O3S/c1-8-12(15(17)23)16(24-20-8)19-18-13-11-5-3-2-4-9(11)6-10(7-21)14(13)22/h2-7,22H,1H3,(H2,17,23). The number of aromatic nitrogens is 1. The average molecular weight is 340 g/mol. The number of hydrogen-bond acceptors (Lipinski definition) is 7. The second-order valence-corrected chi connectivity index (χ2v) is 5.77. The van der Waals surface area contributed by atoms with Gasteiger partial charge < -0.3 is 10.8 Å². The quantitative estimate of drug-likeness (QED) is 0.556. The van der Waals surface area contributed by atoms with Crippen molar-refractivity contribution >= 4 is 45.2 Å². The van der Waals surface area contributed by atoms with E-state index in [2.05, 4.69) is 14.6 Å². The normalized spacial score (nSPS) is 11.2. The molecule has 1 aromatic heterocycles. The van der Waals surface area contributed by atoms with Crippen molar-refractivity contribution < 1.29 is 14.7 Å². The third-order valence-electron chi connectivity index (χ3n) is 3.48. The molecular weight excluding hydrogens is 328 g/mol. The van der Waals surface area contributed by atoms with Crippen molar-refractivity contribution in [2.45, 2.75) is 6.92 Å². The predicted octanol–water partition coefficient (Wildman–Crippen LogP) is 3.64. The smallest absolute Gasteiger partial charge is 0.253 e. The SMILES string of the molecule is Cc1nsc(N=Nc2c(O)c(C=O)cc3ccccc23)c1C(N)=O. The number of rotatable bonds is 4. The summed E-state index contributed by atoms with van der Waals surface area (Å²) in [7, 11) is 0. The molecule has 0 aliphatic heterocycles. The highest BCUT2D eigenvalue weighted by atomic mass is 32.1. The van der Waals surface area contributed by atoms with Crippen LogP contribution in [0.4, 0.5) is 10.7 Å². The number of aromatic hydroxyl groups is 1. The molecule has 0 aliphatic rings. The number of nitrogens with zero attached hydrogens (tertiary/aromatic N) is 3. The van der Waals surface area contributed by atoms with E-state index in [0.717, 1.165) is 16.9 Å². The lowest BCUT2D eigenvalue weighted by atomic mass is 10.0. The van der Waals surface area contributed by atoms with Crippen molar-refractivity contribution in [3.05, 3.63) is 47.2 Å². The van der Waals surface area contributed by atoms with Crippen LogP contribution >= 0.6 is 11.5 Å². The summed E-state index contributed by atoms with van der Waals surface area (Å²) in [4.78, 5) is 22.6. The topological polar surface area (TPSA) is 118 Å². The van der Waals surface area contributed by atoms with Crippen LogP contribution in [-0.4, -0.2) is 21.7 Å². The Kier molecular flexibility index (Phi) is 4.05. The van der Waals surface area contributed by atoms with Gasteiger partial charge >= 0.3 is 0 Å². The second kappa shape index (κ2) is 6.17. The minimum Gasteiger partial charge on any atom is -0.505 e. The Hall–Kier alpha value is -3.13. The number of amides is 1. The first kappa shape index (κ1) is 15.8. The molecule has 7 nitrogen and oxygen atoms in total. The van der Waals surface area contributed by atoms with E-state index in [1.54, 1.807) is 31.2 Å². The Morgan fingerprint density at radius 3 is 2.79 bits per heavy atom. The van der Waals surface area contributed by atoms with E-state index in [9.17, 15) is 14.7 Å². The van der Waals surface area contributed by atoms with Crippen LogP contribution in [0.5, 0.6) is 5.75 Å². The molecule has 3 N–H and O–H groups in total. The van der Waals surface area contributed by atoms with Gasteiger partial charge in [-0.15, -0.1) is 10.2 Å². The molecule has 0 bridgehead atoms. The van der Waals surface area contributed by atoms with E-state index in [1.807, 2.05) is 6.07 Å². The Morgan fingerprint density at radius 2 is 2.08 bits per heavy atom. The molecule has 0 aliphatic carbocycles. The minimum absolute atomic E-state index is 0.109. The lowest BCUT2D eigenvalue weighted by molar-refractivity contribution is 0.1000. The van der Waals surface area contributed by atoms with Crippen molar-refractivity contribution in [1.29, 1.82) is 0 Å². The highest BCUT2D eigenvalue weighted by molar-refractivity contribution is 7.10. The average Bonchev–Trinajstić information content (AvgIpc) is 2.94. The van der Waals surface area contributed by atoms with E-state index in [0.29, 0.717) is 17.4 Å². The summed E-state index contributed by atoms with van der Waals surface area (Å²) in [5.74, 6) is -0.916. The summed E-state index contributed by atoms with van der Waals surface area (Å²) in [6.07, 6.45) is 0.548. The number of phenolic OH excluding ortho intramolecular Hbond substituents is 1. The van der Waals surface area contributed by atoms with E-state index in [1.165, 1.54) is 0 Å². The van der Waals surface area contributed by atoms with Gasteiger partial charge in [0.2, 0.25) is 0 Å². The highest BCUT2D eigenvalue weighted by Gasteiger charge is 2.17. The second-order valence-electron chi connectivity index (χ2n) is 5.01. The van der Waals surface area contributed by atoms with Crippen LogP contribution in [0.2, 0.25) is 0 Å². The molecule has 3 aromatic rings. The van der Waals surface area contributed by atoms with Crippen molar-refractivity contribution in [2.24, 2.45) is 16.0 Å². The predicted molar refractivity (Wildman–Crippen MR) is 90.5 cm³/mol. The first-order valence-electron chi connectivity index (χ1n) is 6.90. The minimum atomic E-state index is -0.647. The molecular formula is C16H12N4O3S. The van der Waals surface area contributed by atoms with Crippen LogP contribution < -0.4 is 5.73 Å². The fraction of sp³-hybridized carbons (Fsp3) is 0.0625. The zero-order valence-corrected chi connectivity index (χ0v) is 13.4. The first-order chi connectivity index (χ1) is 11.5. The van der Waals surface area contributed by atoms with Gasteiger partial charge in [0.25, 0.3) is 5.91 Å². The van der Waals surface area contributed by atoms with Gasteiger partial charge in [0.05, 0.1) is 11.3 Å². The van der Waals surface area contributed by atoms with Gasteiger partial charge in [-0.1, -0.05) is 24.3 Å². The zero-order valence-electron chi connectivity index (χ0n) is 12.6. The van der Waals surface area contributed by atoms with Gasteiger partial charge in [0, 0.05) is 5.39 Å². The highest BCUT2D eigenvalue weighted by Crippen LogP contribution is 2.39. The molecule has 2 aromatic carbocycles. The maximum absolute atomic E-state index is 11.5. The maximum Gasteiger partial charge on any atom is 0.253 e. The van der Waals surface area contributed by atoms with Crippen LogP contribution in [0.3, 0.4) is 0 Å². The molecule has 8 heteroatoms. The van der Waals surface area contributed by atoms with Gasteiger partial charge in [0.1, 0.15) is 11.3 Å². The lowest BCUT2D eigenvalue weighted by Crippen LogP contribution is -2.11. The van der Waals surface area contributed by atoms with Crippen LogP contribution in [-0.2, 0) is 0 Å². The summed E-state index contributed by atoms with van der Waals surface area (Å²) in [5, 5.41) is 19.9. The molecule has 3 rings (SSSR count). The lowest BCUT2D eigenvalue weighted by Gasteiger charge is -2.06. The largest absolute Gasteiger partial charge is 0.505 e. The third kappa shape index (κ3) is 2.63. The Morgan fingerprint density at radius 1 is 1.33 bits per heavy atom. The number of carbonyl (C=O) groups is 2. The van der Waals surface area contributed by atoms with E-state index < -0.39 is 5.91 Å². The Labute approximate surface area is 140 Å². The van der Waals surface area contributed by atoms with Crippen molar-refractivity contribution in [1.82, 2.24) is 4.37 Å². The number of carbonyl (C=O) groups excluding carboxylic acids is 2. The number of benzene rings is 2. The molecule has 0 atom stereocenters. The van der Waals surface area contributed by atoms with Crippen molar-refractivity contribution in [3.63, 3.8) is 0 Å². The molecule has 0 saturated carbocycles. The molecule has 0 saturated heterocycles. The third-order valence-corrected chi connectivity index (χ3v) is 4.31. The summed E-state index contributed by atoms with van der Waals surface area (Å²) in [6.45, 7) is 1.65. The van der Waals surface area contributed by atoms with Crippen molar-refractivity contribution in [3.8, 4) is 5.75 Å². The number of aryl methyl sites for hydroxylation is 1. The number of phenols is 1. The van der Waals surface area contributed by atoms with Crippen LogP contribution in [0.15, 0.2) is 40.6 Å². The number of fused-ring (bicyclic) bond motifs is 1. The molecule has 0 unspecified atom stereocenters. The first-order valence-corrected chi connectivity index (χ1v) is 7.68. The summed E-state index contributed by atoms with van der Waals surface area (Å²) in [5.41, 5.74) is 6.25. The van der Waals surface area contributed by atoms with Crippen LogP contribution in [0.1, 0.15) is 26.4 Å². The fourth-order valence-corrected chi connectivity index (χ4v) is 3.07. The number of azo groups is 1. The van der Waals surface area contributed by atoms with E-state index >= 15 is 0 Å². The molecule has 0 fully saturated rings. The van der Waals surface area contributed by atoms with Gasteiger partial charge in [0.15, 0.2) is 17.0 Å². The Bertz CT molecular complexity index is 994. The Balaban J connectivity index is 2.18. The molecule has 120 valence electrons. The van der Waals surface area contributed by atoms with E-state index in [-0.39, 0.29) is 27.6 Å². The fourth-order valence-electron chi connectivity index (χ4n) is 2.33. The maximum atomic E-state index is 11.5. The monoisotopic (exact) mass is 340 g/mol.